The molecule has 1 N–H and O–H groups in total. The average molecular weight is 424 g/mol. The molecule has 0 saturated carbocycles. The number of carboxylic acid groups (broad SMARTS) is 1. The standard InChI is InChI=1S/C22H27F3N2O3/c1-14(2)20-19(21(28)29)15(3)12-18(26-8-10-30-11-9-26)27(20)13-16-4-6-17(7-5-16)22(23,24)25/h4-7,12,14,18H,8-11,13H2,1-3H3,(H,28,29). The lowest BCUT2D eigenvalue weighted by Gasteiger charge is -2.46. The van der Waals surface area contributed by atoms with Gasteiger partial charge in [-0.3, -0.25) is 4.90 Å². The lowest BCUT2D eigenvalue weighted by atomic mass is 9.92. The zero-order valence-corrected chi connectivity index (χ0v) is 17.4. The molecule has 1 unspecified atom stereocenters. The molecular weight excluding hydrogens is 397 g/mol. The Bertz CT molecular complexity index is 838. The van der Waals surface area contributed by atoms with Gasteiger partial charge in [0.15, 0.2) is 0 Å². The van der Waals surface area contributed by atoms with Crippen LogP contribution in [0.4, 0.5) is 13.2 Å². The molecule has 0 aromatic heterocycles. The largest absolute Gasteiger partial charge is 0.478 e. The number of carbonyl (C=O) groups is 1. The van der Waals surface area contributed by atoms with E-state index in [4.69, 9.17) is 4.74 Å². The second kappa shape index (κ2) is 8.81. The molecule has 164 valence electrons. The van der Waals surface area contributed by atoms with Crippen LogP contribution < -0.4 is 0 Å². The highest BCUT2D eigenvalue weighted by molar-refractivity contribution is 5.93. The van der Waals surface area contributed by atoms with Gasteiger partial charge in [0.2, 0.25) is 0 Å². The highest BCUT2D eigenvalue weighted by atomic mass is 19.4. The quantitative estimate of drug-likeness (QED) is 0.771. The van der Waals surface area contributed by atoms with Gasteiger partial charge < -0.3 is 14.7 Å². The number of hydrogen-bond donors (Lipinski definition) is 1. The molecule has 5 nitrogen and oxygen atoms in total. The van der Waals surface area contributed by atoms with Crippen LogP contribution in [-0.2, 0) is 22.3 Å². The monoisotopic (exact) mass is 424 g/mol. The second-order valence-electron chi connectivity index (χ2n) is 7.95. The van der Waals surface area contributed by atoms with Crippen molar-refractivity contribution in [3.63, 3.8) is 0 Å². The Morgan fingerprint density at radius 3 is 2.30 bits per heavy atom. The molecular formula is C22H27F3N2O3. The van der Waals surface area contributed by atoms with Crippen molar-refractivity contribution in [1.29, 1.82) is 0 Å². The van der Waals surface area contributed by atoms with E-state index in [9.17, 15) is 23.1 Å². The summed E-state index contributed by atoms with van der Waals surface area (Å²) in [5.41, 5.74) is 1.65. The molecule has 1 fully saturated rings. The van der Waals surface area contributed by atoms with Crippen LogP contribution in [0.5, 0.6) is 0 Å². The van der Waals surface area contributed by atoms with Crippen LogP contribution in [0.2, 0.25) is 0 Å². The summed E-state index contributed by atoms with van der Waals surface area (Å²) < 4.78 is 44.2. The molecule has 2 aliphatic heterocycles. The highest BCUT2D eigenvalue weighted by Gasteiger charge is 2.36. The van der Waals surface area contributed by atoms with E-state index in [1.807, 2.05) is 24.8 Å². The predicted octanol–water partition coefficient (Wildman–Crippen LogP) is 4.12. The molecule has 1 atom stereocenters. The van der Waals surface area contributed by atoms with Crippen LogP contribution >= 0.6 is 0 Å². The molecule has 2 aliphatic rings. The Kier molecular flexibility index (Phi) is 6.57. The minimum Gasteiger partial charge on any atom is -0.478 e. The van der Waals surface area contributed by atoms with Crippen molar-refractivity contribution in [2.24, 2.45) is 5.92 Å². The fourth-order valence-corrected chi connectivity index (χ4v) is 4.10. The molecule has 3 rings (SSSR count). The molecule has 0 bridgehead atoms. The van der Waals surface area contributed by atoms with Gasteiger partial charge in [0.25, 0.3) is 0 Å². The molecule has 8 heteroatoms. The normalized spacial score (nSPS) is 21.2. The maximum atomic E-state index is 12.9. The smallest absolute Gasteiger partial charge is 0.416 e. The third-order valence-corrected chi connectivity index (χ3v) is 5.49. The molecule has 0 radical (unpaired) electrons. The number of allylic oxidation sites excluding steroid dienone is 1. The number of nitrogens with zero attached hydrogens (tertiary/aromatic N) is 2. The number of hydrogen-bond acceptors (Lipinski definition) is 4. The lowest BCUT2D eigenvalue weighted by molar-refractivity contribution is -0.137. The van der Waals surface area contributed by atoms with E-state index in [1.165, 1.54) is 12.1 Å². The predicted molar refractivity (Wildman–Crippen MR) is 106 cm³/mol. The SMILES string of the molecule is CC1=CC(N2CCOCC2)N(Cc2ccc(C(F)(F)F)cc2)C(C(C)C)=C1C(=O)O. The average Bonchev–Trinajstić information content (AvgIpc) is 2.68. The van der Waals surface area contributed by atoms with Gasteiger partial charge in [0, 0.05) is 25.3 Å². The Morgan fingerprint density at radius 2 is 1.80 bits per heavy atom. The molecule has 0 aliphatic carbocycles. The summed E-state index contributed by atoms with van der Waals surface area (Å²) in [6.45, 7) is 8.56. The maximum absolute atomic E-state index is 12.9. The maximum Gasteiger partial charge on any atom is 0.416 e. The fourth-order valence-electron chi connectivity index (χ4n) is 4.10. The highest BCUT2D eigenvalue weighted by Crippen LogP contribution is 2.35. The number of rotatable bonds is 5. The van der Waals surface area contributed by atoms with Crippen molar-refractivity contribution in [2.45, 2.75) is 39.7 Å². The third-order valence-electron chi connectivity index (χ3n) is 5.49. The van der Waals surface area contributed by atoms with Crippen LogP contribution in [-0.4, -0.2) is 53.3 Å². The molecule has 1 saturated heterocycles. The summed E-state index contributed by atoms with van der Waals surface area (Å²) in [5, 5.41) is 9.85. The number of alkyl halides is 3. The van der Waals surface area contributed by atoms with E-state index in [-0.39, 0.29) is 17.7 Å². The van der Waals surface area contributed by atoms with Crippen molar-refractivity contribution in [2.75, 3.05) is 26.3 Å². The Hall–Kier alpha value is -2.32. The van der Waals surface area contributed by atoms with Gasteiger partial charge in [-0.1, -0.05) is 26.0 Å². The molecule has 30 heavy (non-hydrogen) atoms. The lowest BCUT2D eigenvalue weighted by Crippen LogP contribution is -2.53. The van der Waals surface area contributed by atoms with E-state index in [0.29, 0.717) is 49.7 Å². The molecule has 1 aromatic carbocycles. The zero-order valence-electron chi connectivity index (χ0n) is 17.4. The first kappa shape index (κ1) is 22.4. The zero-order chi connectivity index (χ0) is 22.1. The van der Waals surface area contributed by atoms with Gasteiger partial charge >= 0.3 is 12.1 Å². The fraction of sp³-hybridized carbons (Fsp3) is 0.500. The molecule has 1 aromatic rings. The molecule has 2 heterocycles. The molecule has 0 amide bonds. The Morgan fingerprint density at radius 1 is 1.20 bits per heavy atom. The third kappa shape index (κ3) is 4.70. The van der Waals surface area contributed by atoms with Crippen molar-refractivity contribution in [3.05, 3.63) is 58.3 Å². The van der Waals surface area contributed by atoms with Crippen LogP contribution in [0.15, 0.2) is 47.2 Å². The van der Waals surface area contributed by atoms with Crippen LogP contribution in [0.1, 0.15) is 31.9 Å². The van der Waals surface area contributed by atoms with Crippen molar-refractivity contribution in [3.8, 4) is 0 Å². The minimum atomic E-state index is -4.39. The summed E-state index contributed by atoms with van der Waals surface area (Å²) in [5.74, 6) is -1.07. The van der Waals surface area contributed by atoms with Gasteiger partial charge in [0.05, 0.1) is 24.4 Å². The summed E-state index contributed by atoms with van der Waals surface area (Å²) in [4.78, 5) is 16.3. The van der Waals surface area contributed by atoms with Crippen LogP contribution in [0.3, 0.4) is 0 Å². The van der Waals surface area contributed by atoms with Crippen molar-refractivity contribution in [1.82, 2.24) is 9.80 Å². The van der Waals surface area contributed by atoms with E-state index in [0.717, 1.165) is 12.1 Å². The van der Waals surface area contributed by atoms with Gasteiger partial charge in [-0.15, -0.1) is 0 Å². The summed E-state index contributed by atoms with van der Waals surface area (Å²) >= 11 is 0. The van der Waals surface area contributed by atoms with E-state index in [2.05, 4.69) is 4.90 Å². The first-order valence-electron chi connectivity index (χ1n) is 10.0. The van der Waals surface area contributed by atoms with E-state index in [1.54, 1.807) is 6.92 Å². The van der Waals surface area contributed by atoms with Crippen molar-refractivity contribution >= 4 is 5.97 Å². The minimum absolute atomic E-state index is 0.0715. The van der Waals surface area contributed by atoms with Crippen molar-refractivity contribution < 1.29 is 27.8 Å². The number of aliphatic carboxylic acids is 1. The number of morpholine rings is 1. The number of benzene rings is 1. The Balaban J connectivity index is 2.01. The summed E-state index contributed by atoms with van der Waals surface area (Å²) in [7, 11) is 0. The number of ether oxygens (including phenoxy) is 1. The van der Waals surface area contributed by atoms with Gasteiger partial charge in [-0.25, -0.2) is 4.79 Å². The summed E-state index contributed by atoms with van der Waals surface area (Å²) in [6.07, 6.45) is -2.64. The number of carboxylic acids is 1. The molecule has 0 spiro atoms. The van der Waals surface area contributed by atoms with E-state index >= 15 is 0 Å². The second-order valence-corrected chi connectivity index (χ2v) is 7.95. The van der Waals surface area contributed by atoms with Gasteiger partial charge in [-0.05, 0) is 42.2 Å². The first-order chi connectivity index (χ1) is 14.1. The Labute approximate surface area is 174 Å². The van der Waals surface area contributed by atoms with Crippen LogP contribution in [0.25, 0.3) is 0 Å². The van der Waals surface area contributed by atoms with Crippen LogP contribution in [0, 0.1) is 5.92 Å². The first-order valence-corrected chi connectivity index (χ1v) is 10.0. The topological polar surface area (TPSA) is 53.0 Å². The number of halogens is 3. The van der Waals surface area contributed by atoms with Gasteiger partial charge in [0.1, 0.15) is 6.17 Å². The van der Waals surface area contributed by atoms with E-state index < -0.39 is 17.7 Å². The van der Waals surface area contributed by atoms with Gasteiger partial charge in [-0.2, -0.15) is 13.2 Å². The summed E-state index contributed by atoms with van der Waals surface area (Å²) in [6, 6.07) is 5.06.